The first-order valence-corrected chi connectivity index (χ1v) is 13.9. The molecule has 6 nitrogen and oxygen atoms in total. The van der Waals surface area contributed by atoms with Crippen LogP contribution in [0.4, 0.5) is 5.69 Å². The maximum Gasteiger partial charge on any atom is 0.195 e. The van der Waals surface area contributed by atoms with Crippen LogP contribution in [-0.2, 0) is 0 Å². The van der Waals surface area contributed by atoms with E-state index in [9.17, 15) is 14.4 Å². The molecule has 7 rings (SSSR count). The third-order valence-corrected chi connectivity index (χ3v) is 9.40. The minimum atomic E-state index is -1.59. The molecule has 0 radical (unpaired) electrons. The molecule has 1 aromatic heterocycles. The van der Waals surface area contributed by atoms with Gasteiger partial charge in [0.1, 0.15) is 11.5 Å². The number of anilines is 1. The summed E-state index contributed by atoms with van der Waals surface area (Å²) in [4.78, 5) is 46.6. The summed E-state index contributed by atoms with van der Waals surface area (Å²) in [5.41, 5.74) is 1.50. The molecule has 4 aromatic rings. The summed E-state index contributed by atoms with van der Waals surface area (Å²) >= 11 is 1.35. The molecule has 3 atom stereocenters. The fourth-order valence-electron chi connectivity index (χ4n) is 6.98. The van der Waals surface area contributed by atoms with Crippen molar-refractivity contribution < 1.29 is 23.9 Å². The van der Waals surface area contributed by atoms with E-state index in [4.69, 9.17) is 9.47 Å². The fourth-order valence-corrected chi connectivity index (χ4v) is 7.68. The molecule has 198 valence electrons. The predicted octanol–water partition coefficient (Wildman–Crippen LogP) is 6.08. The molecule has 0 N–H and O–H groups in total. The fraction of sp³-hybridized carbons (Fsp3) is 0.182. The van der Waals surface area contributed by atoms with E-state index in [0.29, 0.717) is 33.1 Å². The summed E-state index contributed by atoms with van der Waals surface area (Å²) in [6.07, 6.45) is 3.88. The number of para-hydroxylation sites is 2. The van der Waals surface area contributed by atoms with E-state index >= 15 is 0 Å². The number of methoxy groups -OCH3 is 2. The van der Waals surface area contributed by atoms with Crippen LogP contribution in [0.3, 0.4) is 0 Å². The van der Waals surface area contributed by atoms with Gasteiger partial charge in [-0.25, -0.2) is 0 Å². The molecule has 2 aliphatic heterocycles. The lowest BCUT2D eigenvalue weighted by atomic mass is 9.64. The first-order chi connectivity index (χ1) is 19.5. The number of carbonyl (C=O) groups excluding carboxylic acids is 3. The number of Topliss-reactive ketones (excluding diaryl/α,β-unsaturated/α-hetero) is 3. The Morgan fingerprint density at radius 1 is 0.850 bits per heavy atom. The first-order valence-electron chi connectivity index (χ1n) is 13.1. The highest BCUT2D eigenvalue weighted by atomic mass is 32.1. The molecule has 3 heterocycles. The molecule has 3 aromatic carbocycles. The van der Waals surface area contributed by atoms with Gasteiger partial charge in [0.2, 0.25) is 0 Å². The number of carbonyl (C=O) groups is 3. The van der Waals surface area contributed by atoms with Crippen LogP contribution in [0.15, 0.2) is 90.3 Å². The Balaban J connectivity index is 1.59. The van der Waals surface area contributed by atoms with Gasteiger partial charge in [-0.2, -0.15) is 0 Å². The number of thiophene rings is 1. The molecule has 1 aliphatic carbocycles. The van der Waals surface area contributed by atoms with Crippen molar-refractivity contribution in [2.45, 2.75) is 18.0 Å². The molecule has 0 bridgehead atoms. The van der Waals surface area contributed by atoms with E-state index in [1.54, 1.807) is 43.5 Å². The molecule has 1 spiro atoms. The monoisotopic (exact) mass is 547 g/mol. The molecule has 3 aliphatic rings. The van der Waals surface area contributed by atoms with Gasteiger partial charge in [0, 0.05) is 28.3 Å². The van der Waals surface area contributed by atoms with Gasteiger partial charge in [0.15, 0.2) is 28.8 Å². The van der Waals surface area contributed by atoms with Crippen molar-refractivity contribution in [1.29, 1.82) is 0 Å². The molecular weight excluding hydrogens is 522 g/mol. The summed E-state index contributed by atoms with van der Waals surface area (Å²) in [5, 5.41) is 1.86. The van der Waals surface area contributed by atoms with Crippen LogP contribution in [0.25, 0.3) is 6.08 Å². The zero-order valence-electron chi connectivity index (χ0n) is 21.9. The maximum atomic E-state index is 14.7. The van der Waals surface area contributed by atoms with Crippen molar-refractivity contribution in [3.05, 3.63) is 117 Å². The lowest BCUT2D eigenvalue weighted by Crippen LogP contribution is -2.48. The zero-order valence-corrected chi connectivity index (χ0v) is 22.7. The van der Waals surface area contributed by atoms with E-state index < -0.39 is 23.4 Å². The zero-order chi connectivity index (χ0) is 27.6. The van der Waals surface area contributed by atoms with Gasteiger partial charge in [0.25, 0.3) is 0 Å². The number of ketones is 3. The quantitative estimate of drug-likeness (QED) is 0.223. The molecule has 40 heavy (non-hydrogen) atoms. The summed E-state index contributed by atoms with van der Waals surface area (Å²) < 4.78 is 11.5. The summed E-state index contributed by atoms with van der Waals surface area (Å²) in [7, 11) is 3.08. The van der Waals surface area contributed by atoms with Crippen LogP contribution in [0.2, 0.25) is 0 Å². The minimum Gasteiger partial charge on any atom is -0.493 e. The number of rotatable bonds is 5. The molecule has 1 fully saturated rings. The number of fused-ring (bicyclic) bond motifs is 5. The van der Waals surface area contributed by atoms with E-state index in [-0.39, 0.29) is 17.3 Å². The molecule has 0 amide bonds. The van der Waals surface area contributed by atoms with E-state index in [1.807, 2.05) is 64.9 Å². The van der Waals surface area contributed by atoms with Crippen molar-refractivity contribution in [2.75, 3.05) is 19.1 Å². The second-order valence-corrected chi connectivity index (χ2v) is 11.1. The van der Waals surface area contributed by atoms with Crippen molar-refractivity contribution in [3.8, 4) is 11.5 Å². The SMILES string of the molecule is COc1cccc([C@@H]2[C@H](C(=O)c3cccs3)N3c4ccccc4C=C[C@@H]3C23C(=O)c2ccccc2C3=O)c1OC. The van der Waals surface area contributed by atoms with Crippen LogP contribution in [0.1, 0.15) is 47.4 Å². The lowest BCUT2D eigenvalue weighted by Gasteiger charge is -2.37. The van der Waals surface area contributed by atoms with E-state index in [0.717, 1.165) is 11.3 Å². The van der Waals surface area contributed by atoms with Gasteiger partial charge in [-0.05, 0) is 29.1 Å². The second-order valence-electron chi connectivity index (χ2n) is 10.2. The van der Waals surface area contributed by atoms with Gasteiger partial charge >= 0.3 is 0 Å². The van der Waals surface area contributed by atoms with Gasteiger partial charge in [-0.3, -0.25) is 14.4 Å². The Morgan fingerprint density at radius 2 is 1.57 bits per heavy atom. The molecule has 1 saturated heterocycles. The average Bonchev–Trinajstić information content (AvgIpc) is 3.70. The van der Waals surface area contributed by atoms with Gasteiger partial charge in [-0.1, -0.05) is 72.8 Å². The highest BCUT2D eigenvalue weighted by molar-refractivity contribution is 7.12. The minimum absolute atomic E-state index is 0.145. The summed E-state index contributed by atoms with van der Waals surface area (Å²) in [6.45, 7) is 0. The standard InChI is InChI=1S/C33H25NO5S/c1-38-24-14-7-12-22(30(24)39-2)27-28(29(35)25-15-8-18-40-25)34-23-13-6-3-9-19(23)16-17-26(34)33(27)31(36)20-10-4-5-11-21(20)32(33)37/h3-18,26-28H,1-2H3/t26-,27-,28-/m1/s1. The third-order valence-electron chi connectivity index (χ3n) is 8.51. The predicted molar refractivity (Wildman–Crippen MR) is 154 cm³/mol. The highest BCUT2D eigenvalue weighted by Gasteiger charge is 2.72. The Kier molecular flexibility index (Phi) is 5.54. The number of hydrogen-bond acceptors (Lipinski definition) is 7. The largest absolute Gasteiger partial charge is 0.493 e. The number of ether oxygens (including phenoxy) is 2. The van der Waals surface area contributed by atoms with Crippen molar-refractivity contribution in [2.24, 2.45) is 5.41 Å². The first kappa shape index (κ1) is 24.5. The van der Waals surface area contributed by atoms with Gasteiger partial charge in [-0.15, -0.1) is 11.3 Å². The Labute approximate surface area is 235 Å². The third kappa shape index (κ3) is 3.06. The number of benzene rings is 3. The topological polar surface area (TPSA) is 72.9 Å². The van der Waals surface area contributed by atoms with E-state index in [1.165, 1.54) is 18.4 Å². The molecule has 0 unspecified atom stereocenters. The normalized spacial score (nSPS) is 21.8. The van der Waals surface area contributed by atoms with Crippen LogP contribution >= 0.6 is 11.3 Å². The second kappa shape index (κ2) is 9.03. The van der Waals surface area contributed by atoms with Crippen molar-refractivity contribution in [1.82, 2.24) is 0 Å². The Morgan fingerprint density at radius 3 is 2.25 bits per heavy atom. The lowest BCUT2D eigenvalue weighted by molar-refractivity contribution is 0.0664. The van der Waals surface area contributed by atoms with Crippen LogP contribution in [-0.4, -0.2) is 43.7 Å². The molecule has 7 heteroatoms. The smallest absolute Gasteiger partial charge is 0.195 e. The number of hydrogen-bond donors (Lipinski definition) is 0. The summed E-state index contributed by atoms with van der Waals surface area (Å²) in [5.74, 6) is -0.679. The highest BCUT2D eigenvalue weighted by Crippen LogP contribution is 2.62. The van der Waals surface area contributed by atoms with Crippen LogP contribution < -0.4 is 14.4 Å². The summed E-state index contributed by atoms with van der Waals surface area (Å²) in [6, 6.07) is 22.3. The average molecular weight is 548 g/mol. The van der Waals surface area contributed by atoms with Crippen LogP contribution in [0, 0.1) is 5.41 Å². The van der Waals surface area contributed by atoms with Gasteiger partial charge in [0.05, 0.1) is 25.1 Å². The maximum absolute atomic E-state index is 14.7. The van der Waals surface area contributed by atoms with Crippen LogP contribution in [0.5, 0.6) is 11.5 Å². The van der Waals surface area contributed by atoms with Crippen molar-refractivity contribution in [3.63, 3.8) is 0 Å². The Hall–Kier alpha value is -4.49. The Bertz CT molecular complexity index is 1690. The number of nitrogens with zero attached hydrogens (tertiary/aromatic N) is 1. The van der Waals surface area contributed by atoms with Gasteiger partial charge < -0.3 is 14.4 Å². The van der Waals surface area contributed by atoms with Crippen molar-refractivity contribution >= 4 is 40.4 Å². The molecular formula is C33H25NO5S. The van der Waals surface area contributed by atoms with E-state index in [2.05, 4.69) is 0 Å². The molecule has 0 saturated carbocycles.